The smallest absolute Gasteiger partial charge is 0.193 e. The number of hydrogen-bond donors (Lipinski definition) is 2. The number of nitrogens with one attached hydrogen (secondary N) is 2. The summed E-state index contributed by atoms with van der Waals surface area (Å²) in [6, 6.07) is 18.6. The third kappa shape index (κ3) is 4.85. The van der Waals surface area contributed by atoms with Gasteiger partial charge >= 0.3 is 0 Å². The van der Waals surface area contributed by atoms with Crippen molar-refractivity contribution in [1.82, 2.24) is 20.2 Å². The predicted octanol–water partition coefficient (Wildman–Crippen LogP) is 3.59. The molecule has 0 radical (unpaired) electrons. The van der Waals surface area contributed by atoms with Crippen LogP contribution in [0.1, 0.15) is 24.7 Å². The molecule has 1 aromatic heterocycles. The van der Waals surface area contributed by atoms with Gasteiger partial charge in [-0.15, -0.1) is 0 Å². The molecule has 1 heterocycles. The van der Waals surface area contributed by atoms with Gasteiger partial charge in [-0.3, -0.25) is 4.99 Å². The number of hydrogen-bond acceptors (Lipinski definition) is 2. The first-order valence-electron chi connectivity index (χ1n) is 9.23. The molecule has 26 heavy (non-hydrogen) atoms. The van der Waals surface area contributed by atoms with Gasteiger partial charge in [0.25, 0.3) is 0 Å². The number of nitrogens with zero attached hydrogens (tertiary/aromatic N) is 3. The van der Waals surface area contributed by atoms with Gasteiger partial charge in [-0.1, -0.05) is 42.5 Å². The minimum absolute atomic E-state index is 0.776. The number of H-pyrrole nitrogens is 1. The quantitative estimate of drug-likeness (QED) is 0.389. The second-order valence-corrected chi connectivity index (χ2v) is 6.38. The highest BCUT2D eigenvalue weighted by molar-refractivity contribution is 5.79. The zero-order chi connectivity index (χ0) is 18.2. The van der Waals surface area contributed by atoms with E-state index in [1.807, 2.05) is 24.3 Å². The Morgan fingerprint density at radius 1 is 1.12 bits per heavy atom. The van der Waals surface area contributed by atoms with Gasteiger partial charge in [0, 0.05) is 33.1 Å². The summed E-state index contributed by atoms with van der Waals surface area (Å²) in [5, 5.41) is 3.38. The molecule has 0 unspecified atom stereocenters. The Morgan fingerprint density at radius 2 is 1.88 bits per heavy atom. The monoisotopic (exact) mass is 349 g/mol. The average Bonchev–Trinajstić information content (AvgIpc) is 3.08. The minimum atomic E-state index is 0.776. The Hall–Kier alpha value is -2.82. The summed E-state index contributed by atoms with van der Waals surface area (Å²) < 4.78 is 0. The number of guanidine groups is 1. The summed E-state index contributed by atoms with van der Waals surface area (Å²) in [5.41, 5.74) is 3.41. The molecule has 3 aromatic rings. The number of imidazole rings is 1. The van der Waals surface area contributed by atoms with E-state index in [2.05, 4.69) is 64.5 Å². The Morgan fingerprint density at radius 3 is 2.65 bits per heavy atom. The van der Waals surface area contributed by atoms with Crippen molar-refractivity contribution < 1.29 is 0 Å². The molecule has 5 nitrogen and oxygen atoms in total. The zero-order valence-electron chi connectivity index (χ0n) is 15.6. The fourth-order valence-corrected chi connectivity index (χ4v) is 2.96. The van der Waals surface area contributed by atoms with E-state index in [1.165, 1.54) is 5.56 Å². The summed E-state index contributed by atoms with van der Waals surface area (Å²) in [7, 11) is 2.08. The summed E-state index contributed by atoms with van der Waals surface area (Å²) >= 11 is 0. The number of benzene rings is 2. The van der Waals surface area contributed by atoms with Crippen molar-refractivity contribution in [2.45, 2.75) is 26.3 Å². The van der Waals surface area contributed by atoms with Crippen LogP contribution in [0, 0.1) is 0 Å². The van der Waals surface area contributed by atoms with Crippen molar-refractivity contribution in [3.05, 3.63) is 66.0 Å². The molecule has 0 atom stereocenters. The van der Waals surface area contributed by atoms with Crippen LogP contribution >= 0.6 is 0 Å². The maximum atomic E-state index is 4.77. The number of fused-ring (bicyclic) bond motifs is 1. The third-order valence-corrected chi connectivity index (χ3v) is 4.23. The first-order valence-corrected chi connectivity index (χ1v) is 9.23. The predicted molar refractivity (Wildman–Crippen MR) is 108 cm³/mol. The number of aromatic amines is 1. The lowest BCUT2D eigenvalue weighted by atomic mass is 10.2. The number of aromatic nitrogens is 2. The normalized spacial score (nSPS) is 11.7. The van der Waals surface area contributed by atoms with Gasteiger partial charge in [-0.2, -0.15) is 0 Å². The Labute approximate surface area is 155 Å². The first kappa shape index (κ1) is 18.0. The van der Waals surface area contributed by atoms with E-state index in [-0.39, 0.29) is 0 Å². The number of aryl methyl sites for hydroxylation is 1. The highest BCUT2D eigenvalue weighted by Gasteiger charge is 2.06. The molecule has 2 N–H and O–H groups in total. The molecule has 3 rings (SSSR count). The molecule has 0 saturated carbocycles. The third-order valence-electron chi connectivity index (χ3n) is 4.23. The van der Waals surface area contributed by atoms with E-state index in [0.29, 0.717) is 0 Å². The lowest BCUT2D eigenvalue weighted by molar-refractivity contribution is 0.476. The van der Waals surface area contributed by atoms with Crippen LogP contribution in [-0.2, 0) is 13.0 Å². The van der Waals surface area contributed by atoms with Crippen molar-refractivity contribution in [2.75, 3.05) is 20.1 Å². The number of para-hydroxylation sites is 2. The maximum absolute atomic E-state index is 4.77. The summed E-state index contributed by atoms with van der Waals surface area (Å²) in [6.07, 6.45) is 1.87. The Bertz CT molecular complexity index is 805. The molecule has 136 valence electrons. The van der Waals surface area contributed by atoms with Gasteiger partial charge < -0.3 is 15.2 Å². The van der Waals surface area contributed by atoms with Crippen molar-refractivity contribution >= 4 is 17.0 Å². The second kappa shape index (κ2) is 9.04. The highest BCUT2D eigenvalue weighted by Crippen LogP contribution is 2.11. The summed E-state index contributed by atoms with van der Waals surface area (Å²) in [5.74, 6) is 1.98. The SMILES string of the molecule is CCNC(=NCCCc1nc2ccccc2[nH]1)N(C)Cc1ccccc1. The van der Waals surface area contributed by atoms with Gasteiger partial charge in [-0.25, -0.2) is 4.98 Å². The second-order valence-electron chi connectivity index (χ2n) is 6.38. The van der Waals surface area contributed by atoms with E-state index >= 15 is 0 Å². The van der Waals surface area contributed by atoms with Crippen LogP contribution in [0.2, 0.25) is 0 Å². The summed E-state index contributed by atoms with van der Waals surface area (Å²) in [6.45, 7) is 4.58. The largest absolute Gasteiger partial charge is 0.357 e. The molecule has 5 heteroatoms. The standard InChI is InChI=1S/C21H27N5/c1-3-22-21(26(2)16-17-10-5-4-6-11-17)23-15-9-14-20-24-18-12-7-8-13-19(18)25-20/h4-8,10-13H,3,9,14-16H2,1-2H3,(H,22,23)(H,24,25). The highest BCUT2D eigenvalue weighted by atomic mass is 15.3. The first-order chi connectivity index (χ1) is 12.8. The molecule has 0 aliphatic heterocycles. The Kier molecular flexibility index (Phi) is 6.25. The fourth-order valence-electron chi connectivity index (χ4n) is 2.96. The molecular weight excluding hydrogens is 322 g/mol. The Balaban J connectivity index is 1.54. The lowest BCUT2D eigenvalue weighted by Gasteiger charge is -2.22. The van der Waals surface area contributed by atoms with Crippen LogP contribution in [0.5, 0.6) is 0 Å². The molecule has 2 aromatic carbocycles. The van der Waals surface area contributed by atoms with Crippen LogP contribution in [0.3, 0.4) is 0 Å². The van der Waals surface area contributed by atoms with Crippen molar-refractivity contribution in [1.29, 1.82) is 0 Å². The van der Waals surface area contributed by atoms with E-state index < -0.39 is 0 Å². The minimum Gasteiger partial charge on any atom is -0.357 e. The van der Waals surface area contributed by atoms with Crippen molar-refractivity contribution in [3.8, 4) is 0 Å². The van der Waals surface area contributed by atoms with Crippen LogP contribution in [0.4, 0.5) is 0 Å². The molecule has 0 aliphatic rings. The van der Waals surface area contributed by atoms with E-state index in [9.17, 15) is 0 Å². The van der Waals surface area contributed by atoms with Gasteiger partial charge in [0.05, 0.1) is 11.0 Å². The van der Waals surface area contributed by atoms with Crippen LogP contribution < -0.4 is 5.32 Å². The van der Waals surface area contributed by atoms with Crippen LogP contribution in [0.25, 0.3) is 11.0 Å². The summed E-state index contributed by atoms with van der Waals surface area (Å²) in [4.78, 5) is 14.9. The molecule has 0 saturated heterocycles. The molecule has 0 aliphatic carbocycles. The van der Waals surface area contributed by atoms with E-state index in [4.69, 9.17) is 4.99 Å². The van der Waals surface area contributed by atoms with Gasteiger partial charge in [-0.05, 0) is 31.0 Å². The average molecular weight is 349 g/mol. The molecular formula is C21H27N5. The van der Waals surface area contributed by atoms with Crippen molar-refractivity contribution in [3.63, 3.8) is 0 Å². The maximum Gasteiger partial charge on any atom is 0.193 e. The van der Waals surface area contributed by atoms with Crippen LogP contribution in [-0.4, -0.2) is 41.0 Å². The van der Waals surface area contributed by atoms with Gasteiger partial charge in [0.2, 0.25) is 0 Å². The topological polar surface area (TPSA) is 56.3 Å². The fraction of sp³-hybridized carbons (Fsp3) is 0.333. The zero-order valence-corrected chi connectivity index (χ0v) is 15.6. The van der Waals surface area contributed by atoms with Gasteiger partial charge in [0.15, 0.2) is 5.96 Å². The number of rotatable bonds is 7. The van der Waals surface area contributed by atoms with Gasteiger partial charge in [0.1, 0.15) is 5.82 Å². The van der Waals surface area contributed by atoms with E-state index in [0.717, 1.165) is 55.3 Å². The molecule has 0 fully saturated rings. The van der Waals surface area contributed by atoms with Crippen LogP contribution in [0.15, 0.2) is 59.6 Å². The molecule has 0 amide bonds. The number of aliphatic imine (C=N–C) groups is 1. The van der Waals surface area contributed by atoms with E-state index in [1.54, 1.807) is 0 Å². The van der Waals surface area contributed by atoms with Crippen molar-refractivity contribution in [2.24, 2.45) is 4.99 Å². The molecule has 0 bridgehead atoms. The lowest BCUT2D eigenvalue weighted by Crippen LogP contribution is -2.38. The molecule has 0 spiro atoms.